The zero-order chi connectivity index (χ0) is 11.1. The lowest BCUT2D eigenvalue weighted by atomic mass is 9.74. The molecule has 1 aliphatic heterocycles. The lowest BCUT2D eigenvalue weighted by Gasteiger charge is -2.53. The third kappa shape index (κ3) is 1.61. The predicted molar refractivity (Wildman–Crippen MR) is 62.8 cm³/mol. The van der Waals surface area contributed by atoms with Gasteiger partial charge in [-0.2, -0.15) is 0 Å². The monoisotopic (exact) mass is 221 g/mol. The highest BCUT2D eigenvalue weighted by Crippen LogP contribution is 2.49. The molecule has 80 valence electrons. The summed E-state index contributed by atoms with van der Waals surface area (Å²) in [4.78, 5) is 14.8. The van der Waals surface area contributed by atoms with Crippen molar-refractivity contribution in [3.05, 3.63) is 35.0 Å². The molecule has 0 unspecified atom stereocenters. The first kappa shape index (κ1) is 10.4. The zero-order valence-electron chi connectivity index (χ0n) is 9.06. The fraction of sp³-hybridized carbons (Fsp3) is 0.417. The molecule has 1 atom stereocenters. The second-order valence-electron chi connectivity index (χ2n) is 4.58. The molecule has 2 heterocycles. The largest absolute Gasteiger partial charge is 0.330 e. The van der Waals surface area contributed by atoms with Crippen LogP contribution in [-0.4, -0.2) is 17.4 Å². The molecular weight excluding hydrogens is 206 g/mol. The Hall–Kier alpha value is -1.09. The summed E-state index contributed by atoms with van der Waals surface area (Å²) in [7, 11) is 0. The quantitative estimate of drug-likeness (QED) is 0.703. The van der Waals surface area contributed by atoms with E-state index in [1.54, 1.807) is 11.3 Å². The number of hydrogen-bond donors (Lipinski definition) is 0. The molecule has 1 aromatic heterocycles. The number of thiophene rings is 1. The van der Waals surface area contributed by atoms with Gasteiger partial charge in [0.1, 0.15) is 0 Å². The third-order valence-electron chi connectivity index (χ3n) is 2.90. The average molecular weight is 221 g/mol. The molecule has 15 heavy (non-hydrogen) atoms. The van der Waals surface area contributed by atoms with Crippen molar-refractivity contribution in [2.45, 2.75) is 19.9 Å². The molecule has 2 rings (SSSR count). The highest BCUT2D eigenvalue weighted by molar-refractivity contribution is 7.10. The Bertz CT molecular complexity index is 380. The maximum Gasteiger partial charge on any atom is 0.246 e. The Balaban J connectivity index is 2.26. The summed E-state index contributed by atoms with van der Waals surface area (Å²) < 4.78 is 0. The molecule has 0 bridgehead atoms. The minimum Gasteiger partial charge on any atom is -0.330 e. The average Bonchev–Trinajstić information content (AvgIpc) is 2.66. The lowest BCUT2D eigenvalue weighted by molar-refractivity contribution is -0.146. The number of nitrogens with zero attached hydrogens (tertiary/aromatic N) is 1. The van der Waals surface area contributed by atoms with Gasteiger partial charge < -0.3 is 4.90 Å². The standard InChI is InChI=1S/C12H15NOS/c1-4-10(14)13-8-12(2,3)11(13)9-6-5-7-15-9/h4-7,11H,1,8H2,2-3H3/t11-/m0/s1. The Labute approximate surface area is 94.2 Å². The number of hydrogen-bond acceptors (Lipinski definition) is 2. The normalized spacial score (nSPS) is 23.3. The van der Waals surface area contributed by atoms with Gasteiger partial charge in [-0.15, -0.1) is 11.3 Å². The molecule has 3 heteroatoms. The molecule has 0 aliphatic carbocycles. The van der Waals surface area contributed by atoms with Gasteiger partial charge in [0.05, 0.1) is 6.04 Å². The maximum atomic E-state index is 11.6. The van der Waals surface area contributed by atoms with E-state index in [-0.39, 0.29) is 17.4 Å². The molecule has 1 aliphatic rings. The predicted octanol–water partition coefficient (Wildman–Crippen LogP) is 2.84. The number of carbonyl (C=O) groups excluding carboxylic acids is 1. The number of carbonyl (C=O) groups is 1. The zero-order valence-corrected chi connectivity index (χ0v) is 9.88. The molecule has 0 aromatic carbocycles. The van der Waals surface area contributed by atoms with Crippen molar-refractivity contribution in [2.24, 2.45) is 5.41 Å². The number of amides is 1. The molecule has 0 saturated carbocycles. The summed E-state index contributed by atoms with van der Waals surface area (Å²) in [5, 5.41) is 2.06. The molecule has 1 saturated heterocycles. The van der Waals surface area contributed by atoms with E-state index in [4.69, 9.17) is 0 Å². The van der Waals surface area contributed by atoms with Gasteiger partial charge in [0.15, 0.2) is 0 Å². The van der Waals surface area contributed by atoms with Crippen molar-refractivity contribution >= 4 is 17.2 Å². The van der Waals surface area contributed by atoms with E-state index < -0.39 is 0 Å². The van der Waals surface area contributed by atoms with Crippen LogP contribution in [0.3, 0.4) is 0 Å². The Morgan fingerprint density at radius 1 is 1.73 bits per heavy atom. The van der Waals surface area contributed by atoms with Crippen LogP contribution in [0.2, 0.25) is 0 Å². The van der Waals surface area contributed by atoms with Crippen LogP contribution < -0.4 is 0 Å². The van der Waals surface area contributed by atoms with Crippen molar-refractivity contribution in [1.29, 1.82) is 0 Å². The minimum atomic E-state index is 0.0349. The fourth-order valence-corrected chi connectivity index (χ4v) is 3.28. The summed E-state index contributed by atoms with van der Waals surface area (Å²) in [6.45, 7) is 8.76. The van der Waals surface area contributed by atoms with Gasteiger partial charge in [-0.25, -0.2) is 0 Å². The molecule has 1 aromatic rings. The van der Waals surface area contributed by atoms with Crippen LogP contribution in [0.1, 0.15) is 24.8 Å². The van der Waals surface area contributed by atoms with Crippen LogP contribution in [-0.2, 0) is 4.79 Å². The van der Waals surface area contributed by atoms with Gasteiger partial charge in [0, 0.05) is 16.8 Å². The number of likely N-dealkylation sites (tertiary alicyclic amines) is 1. The highest BCUT2D eigenvalue weighted by atomic mass is 32.1. The molecule has 0 radical (unpaired) electrons. The van der Waals surface area contributed by atoms with E-state index in [0.29, 0.717) is 0 Å². The van der Waals surface area contributed by atoms with E-state index >= 15 is 0 Å². The second-order valence-corrected chi connectivity index (χ2v) is 5.56. The third-order valence-corrected chi connectivity index (χ3v) is 3.82. The minimum absolute atomic E-state index is 0.0349. The van der Waals surface area contributed by atoms with Gasteiger partial charge in [-0.3, -0.25) is 4.79 Å². The van der Waals surface area contributed by atoms with E-state index in [2.05, 4.69) is 31.9 Å². The van der Waals surface area contributed by atoms with Crippen molar-refractivity contribution in [3.63, 3.8) is 0 Å². The van der Waals surface area contributed by atoms with Crippen molar-refractivity contribution < 1.29 is 4.79 Å². The molecule has 0 spiro atoms. The Kier molecular flexibility index (Phi) is 2.43. The smallest absolute Gasteiger partial charge is 0.246 e. The van der Waals surface area contributed by atoms with E-state index in [9.17, 15) is 4.79 Å². The summed E-state index contributed by atoms with van der Waals surface area (Å²) in [6.07, 6.45) is 1.40. The lowest BCUT2D eigenvalue weighted by Crippen LogP contribution is -2.57. The van der Waals surface area contributed by atoms with Crippen LogP contribution in [0.4, 0.5) is 0 Å². The topological polar surface area (TPSA) is 20.3 Å². The Morgan fingerprint density at radius 2 is 2.47 bits per heavy atom. The summed E-state index contributed by atoms with van der Waals surface area (Å²) in [5.41, 5.74) is 0.184. The highest BCUT2D eigenvalue weighted by Gasteiger charge is 2.48. The first-order chi connectivity index (χ1) is 7.06. The van der Waals surface area contributed by atoms with Gasteiger partial charge in [0.25, 0.3) is 0 Å². The molecule has 2 nitrogen and oxygen atoms in total. The van der Waals surface area contributed by atoms with E-state index in [1.165, 1.54) is 11.0 Å². The van der Waals surface area contributed by atoms with Gasteiger partial charge in [0.2, 0.25) is 5.91 Å². The van der Waals surface area contributed by atoms with Gasteiger partial charge in [-0.1, -0.05) is 26.5 Å². The first-order valence-corrected chi connectivity index (χ1v) is 5.90. The van der Waals surface area contributed by atoms with Crippen molar-refractivity contribution in [1.82, 2.24) is 4.90 Å². The van der Waals surface area contributed by atoms with E-state index in [1.807, 2.05) is 11.0 Å². The van der Waals surface area contributed by atoms with Crippen LogP contribution in [0, 0.1) is 5.41 Å². The van der Waals surface area contributed by atoms with Crippen LogP contribution in [0.5, 0.6) is 0 Å². The summed E-state index contributed by atoms with van der Waals surface area (Å²) in [5.74, 6) is 0.0349. The fourth-order valence-electron chi connectivity index (χ4n) is 2.23. The number of rotatable bonds is 2. The molecule has 1 fully saturated rings. The maximum absolute atomic E-state index is 11.6. The van der Waals surface area contributed by atoms with E-state index in [0.717, 1.165) is 6.54 Å². The Morgan fingerprint density at radius 3 is 2.93 bits per heavy atom. The SMILES string of the molecule is C=CC(=O)N1CC(C)(C)[C@@H]1c1cccs1. The van der Waals surface area contributed by atoms with Crippen molar-refractivity contribution in [3.8, 4) is 0 Å². The summed E-state index contributed by atoms with van der Waals surface area (Å²) in [6, 6.07) is 4.35. The van der Waals surface area contributed by atoms with Gasteiger partial charge >= 0.3 is 0 Å². The summed E-state index contributed by atoms with van der Waals surface area (Å²) >= 11 is 1.71. The molecule has 1 amide bonds. The molecule has 0 N–H and O–H groups in total. The van der Waals surface area contributed by atoms with Crippen LogP contribution in [0.25, 0.3) is 0 Å². The first-order valence-electron chi connectivity index (χ1n) is 5.03. The van der Waals surface area contributed by atoms with Crippen LogP contribution in [0.15, 0.2) is 30.2 Å². The van der Waals surface area contributed by atoms with Gasteiger partial charge in [-0.05, 0) is 17.5 Å². The molecular formula is C12H15NOS. The second kappa shape index (κ2) is 3.49. The van der Waals surface area contributed by atoms with Crippen LogP contribution >= 0.6 is 11.3 Å². The van der Waals surface area contributed by atoms with Crippen molar-refractivity contribution in [2.75, 3.05) is 6.54 Å².